The molecule has 1 heterocycles. The molecule has 1 aromatic heterocycles. The molecule has 0 bridgehead atoms. The summed E-state index contributed by atoms with van der Waals surface area (Å²) in [7, 11) is -1.49. The van der Waals surface area contributed by atoms with E-state index < -0.39 is 10.0 Å². The van der Waals surface area contributed by atoms with Crippen LogP contribution in [0.4, 0.5) is 5.69 Å². The van der Waals surface area contributed by atoms with Gasteiger partial charge >= 0.3 is 0 Å². The SMILES string of the molecule is CCNc1ccncc1S(=O)(=O)NCCCN(C)C(C)C. The maximum absolute atomic E-state index is 12.3. The third-order valence-corrected chi connectivity index (χ3v) is 4.79. The Balaban J connectivity index is 2.62. The number of sulfonamides is 1. The van der Waals surface area contributed by atoms with Crippen LogP contribution in [0.1, 0.15) is 27.2 Å². The van der Waals surface area contributed by atoms with Gasteiger partial charge in [0.15, 0.2) is 0 Å². The van der Waals surface area contributed by atoms with Gasteiger partial charge in [-0.05, 0) is 46.9 Å². The van der Waals surface area contributed by atoms with E-state index in [1.54, 1.807) is 12.3 Å². The predicted octanol–water partition coefficient (Wildman–Crippen LogP) is 1.52. The van der Waals surface area contributed by atoms with Crippen molar-refractivity contribution in [2.24, 2.45) is 0 Å². The lowest BCUT2D eigenvalue weighted by molar-refractivity contribution is 0.271. The van der Waals surface area contributed by atoms with Crippen LogP contribution in [-0.4, -0.2) is 51.0 Å². The molecule has 0 saturated heterocycles. The van der Waals surface area contributed by atoms with E-state index in [0.29, 0.717) is 24.8 Å². The number of anilines is 1. The summed E-state index contributed by atoms with van der Waals surface area (Å²) in [6.07, 6.45) is 3.72. The van der Waals surface area contributed by atoms with Crippen LogP contribution in [0.15, 0.2) is 23.4 Å². The lowest BCUT2D eigenvalue weighted by Crippen LogP contribution is -2.31. The predicted molar refractivity (Wildman–Crippen MR) is 86.0 cm³/mol. The second kappa shape index (κ2) is 8.31. The fourth-order valence-electron chi connectivity index (χ4n) is 1.80. The van der Waals surface area contributed by atoms with Gasteiger partial charge in [-0.1, -0.05) is 0 Å². The molecule has 1 rings (SSSR count). The Bertz CT molecular complexity index is 532. The number of aromatic nitrogens is 1. The summed E-state index contributed by atoms with van der Waals surface area (Å²) in [5.74, 6) is 0. The van der Waals surface area contributed by atoms with Gasteiger partial charge in [0.1, 0.15) is 4.90 Å². The highest BCUT2D eigenvalue weighted by Gasteiger charge is 2.18. The molecule has 0 aliphatic heterocycles. The molecule has 0 fully saturated rings. The molecule has 0 atom stereocenters. The number of hydrogen-bond acceptors (Lipinski definition) is 5. The topological polar surface area (TPSA) is 74.3 Å². The zero-order valence-electron chi connectivity index (χ0n) is 13.3. The molecular weight excluding hydrogens is 288 g/mol. The average Bonchev–Trinajstić information content (AvgIpc) is 2.44. The van der Waals surface area contributed by atoms with Gasteiger partial charge < -0.3 is 10.2 Å². The molecule has 1 aromatic rings. The fourth-order valence-corrected chi connectivity index (χ4v) is 3.00. The van der Waals surface area contributed by atoms with Crippen LogP contribution in [0.5, 0.6) is 0 Å². The van der Waals surface area contributed by atoms with Crippen molar-refractivity contribution in [1.82, 2.24) is 14.6 Å². The molecule has 0 amide bonds. The first-order chi connectivity index (χ1) is 9.88. The third-order valence-electron chi connectivity index (χ3n) is 3.30. The van der Waals surface area contributed by atoms with Crippen LogP contribution in [0.2, 0.25) is 0 Å². The van der Waals surface area contributed by atoms with Crippen molar-refractivity contribution in [2.75, 3.05) is 32.0 Å². The van der Waals surface area contributed by atoms with Crippen molar-refractivity contribution < 1.29 is 8.42 Å². The van der Waals surface area contributed by atoms with Gasteiger partial charge in [-0.3, -0.25) is 4.98 Å². The van der Waals surface area contributed by atoms with Crippen molar-refractivity contribution in [1.29, 1.82) is 0 Å². The summed E-state index contributed by atoms with van der Waals surface area (Å²) in [5.41, 5.74) is 0.583. The fraction of sp³-hybridized carbons (Fsp3) is 0.643. The minimum atomic E-state index is -3.52. The first-order valence-corrected chi connectivity index (χ1v) is 8.74. The molecule has 2 N–H and O–H groups in total. The van der Waals surface area contributed by atoms with E-state index in [4.69, 9.17) is 0 Å². The Labute approximate surface area is 128 Å². The highest BCUT2D eigenvalue weighted by Crippen LogP contribution is 2.18. The number of pyridine rings is 1. The van der Waals surface area contributed by atoms with E-state index in [1.165, 1.54) is 6.20 Å². The zero-order chi connectivity index (χ0) is 15.9. The molecule has 0 aliphatic carbocycles. The quantitative estimate of drug-likeness (QED) is 0.676. The lowest BCUT2D eigenvalue weighted by atomic mass is 10.3. The monoisotopic (exact) mass is 314 g/mol. The van der Waals surface area contributed by atoms with E-state index in [9.17, 15) is 8.42 Å². The van der Waals surface area contributed by atoms with Crippen LogP contribution >= 0.6 is 0 Å². The van der Waals surface area contributed by atoms with Crippen molar-refractivity contribution in [3.8, 4) is 0 Å². The van der Waals surface area contributed by atoms with E-state index in [-0.39, 0.29) is 4.90 Å². The molecular formula is C14H26N4O2S. The van der Waals surface area contributed by atoms with Gasteiger partial charge in [-0.15, -0.1) is 0 Å². The van der Waals surface area contributed by atoms with E-state index in [0.717, 1.165) is 13.0 Å². The van der Waals surface area contributed by atoms with Gasteiger partial charge in [-0.2, -0.15) is 0 Å². The summed E-state index contributed by atoms with van der Waals surface area (Å²) >= 11 is 0. The summed E-state index contributed by atoms with van der Waals surface area (Å²) in [6.45, 7) is 8.08. The molecule has 0 unspecified atom stereocenters. The molecule has 6 nitrogen and oxygen atoms in total. The van der Waals surface area contributed by atoms with Crippen molar-refractivity contribution >= 4 is 15.7 Å². The van der Waals surface area contributed by atoms with Crippen LogP contribution in [-0.2, 0) is 10.0 Å². The van der Waals surface area contributed by atoms with E-state index in [1.807, 2.05) is 14.0 Å². The van der Waals surface area contributed by atoms with Crippen molar-refractivity contribution in [3.05, 3.63) is 18.5 Å². The van der Waals surface area contributed by atoms with Crippen molar-refractivity contribution in [3.63, 3.8) is 0 Å². The molecule has 0 aliphatic rings. The van der Waals surface area contributed by atoms with Crippen LogP contribution in [0.25, 0.3) is 0 Å². The summed E-state index contributed by atoms with van der Waals surface area (Å²) in [5, 5.41) is 3.04. The Kier molecular flexibility index (Phi) is 7.07. The van der Waals surface area contributed by atoms with E-state index >= 15 is 0 Å². The molecule has 0 aromatic carbocycles. The summed E-state index contributed by atoms with van der Waals surface area (Å²) < 4.78 is 27.2. The Morgan fingerprint density at radius 1 is 1.38 bits per heavy atom. The Hall–Kier alpha value is -1.18. The zero-order valence-corrected chi connectivity index (χ0v) is 14.1. The minimum absolute atomic E-state index is 0.198. The van der Waals surface area contributed by atoms with Crippen LogP contribution in [0, 0.1) is 0 Å². The summed E-state index contributed by atoms with van der Waals surface area (Å²) in [6, 6.07) is 2.13. The molecule has 0 spiro atoms. The Morgan fingerprint density at radius 3 is 2.71 bits per heavy atom. The largest absolute Gasteiger partial charge is 0.384 e. The smallest absolute Gasteiger partial charge is 0.244 e. The first-order valence-electron chi connectivity index (χ1n) is 7.26. The minimum Gasteiger partial charge on any atom is -0.384 e. The highest BCUT2D eigenvalue weighted by atomic mass is 32.2. The standard InChI is InChI=1S/C14H26N4O2S/c1-5-16-13-7-9-15-11-14(13)21(19,20)17-8-6-10-18(4)12(2)3/h7,9,11-12,17H,5-6,8,10H2,1-4H3,(H,15,16). The molecule has 0 radical (unpaired) electrons. The van der Waals surface area contributed by atoms with Gasteiger partial charge in [-0.25, -0.2) is 13.1 Å². The lowest BCUT2D eigenvalue weighted by Gasteiger charge is -2.20. The highest BCUT2D eigenvalue weighted by molar-refractivity contribution is 7.89. The first kappa shape index (κ1) is 17.9. The number of nitrogens with one attached hydrogen (secondary N) is 2. The van der Waals surface area contributed by atoms with Crippen LogP contribution in [0.3, 0.4) is 0 Å². The second-order valence-electron chi connectivity index (χ2n) is 5.23. The normalized spacial score (nSPS) is 12.1. The van der Waals surface area contributed by atoms with Crippen molar-refractivity contribution in [2.45, 2.75) is 38.1 Å². The second-order valence-corrected chi connectivity index (χ2v) is 6.96. The van der Waals surface area contributed by atoms with Gasteiger partial charge in [0, 0.05) is 31.5 Å². The maximum Gasteiger partial charge on any atom is 0.244 e. The molecule has 0 saturated carbocycles. The van der Waals surface area contributed by atoms with Gasteiger partial charge in [0.2, 0.25) is 10.0 Å². The number of hydrogen-bond donors (Lipinski definition) is 2. The Morgan fingerprint density at radius 2 is 2.10 bits per heavy atom. The third kappa shape index (κ3) is 5.61. The molecule has 120 valence electrons. The molecule has 7 heteroatoms. The summed E-state index contributed by atoms with van der Waals surface area (Å²) in [4.78, 5) is 6.29. The van der Waals surface area contributed by atoms with Gasteiger partial charge in [0.05, 0.1) is 5.69 Å². The molecule has 21 heavy (non-hydrogen) atoms. The number of nitrogens with zero attached hydrogens (tertiary/aromatic N) is 2. The van der Waals surface area contributed by atoms with Gasteiger partial charge in [0.25, 0.3) is 0 Å². The van der Waals surface area contributed by atoms with E-state index in [2.05, 4.69) is 33.8 Å². The number of rotatable bonds is 9. The maximum atomic E-state index is 12.3. The van der Waals surface area contributed by atoms with Crippen LogP contribution < -0.4 is 10.0 Å². The average molecular weight is 314 g/mol.